The van der Waals surface area contributed by atoms with Gasteiger partial charge in [-0.25, -0.2) is 0 Å². The Morgan fingerprint density at radius 2 is 2.12 bits per heavy atom. The van der Waals surface area contributed by atoms with Crippen LogP contribution >= 0.6 is 0 Å². The van der Waals surface area contributed by atoms with Crippen molar-refractivity contribution in [3.05, 3.63) is 0 Å². The van der Waals surface area contributed by atoms with Crippen molar-refractivity contribution in [2.45, 2.75) is 50.8 Å². The van der Waals surface area contributed by atoms with Gasteiger partial charge in [0.05, 0.1) is 11.9 Å². The third-order valence-electron chi connectivity index (χ3n) is 3.77. The Hall–Kier alpha value is 0.0700. The highest BCUT2D eigenvalue weighted by atomic mass is 32.2. The van der Waals surface area contributed by atoms with Gasteiger partial charge in [0.25, 0.3) is 0 Å². The van der Waals surface area contributed by atoms with Gasteiger partial charge in [-0.2, -0.15) is 0 Å². The molecule has 4 atom stereocenters. The monoisotopic (exact) mass is 261 g/mol. The molecule has 3 nitrogen and oxygen atoms in total. The summed E-state index contributed by atoms with van der Waals surface area (Å²) in [4.78, 5) is 0. The largest absolute Gasteiger partial charge is 0.384 e. The van der Waals surface area contributed by atoms with E-state index in [-0.39, 0.29) is 0 Å². The van der Waals surface area contributed by atoms with Crippen LogP contribution in [-0.2, 0) is 15.5 Å². The maximum absolute atomic E-state index is 12.3. The molecule has 1 rings (SSSR count). The standard InChI is InChI=1S/C13H27NO2S/c1-4-11-6-7-12(14-5-2)13(10-11)17(15)9-8-16-3/h11-14H,4-10H2,1-3H3. The first-order valence-electron chi connectivity index (χ1n) is 6.82. The van der Waals surface area contributed by atoms with Crippen LogP contribution in [0.3, 0.4) is 0 Å². The normalized spacial score (nSPS) is 31.4. The molecular formula is C13H27NO2S. The molecule has 17 heavy (non-hydrogen) atoms. The second-order valence-electron chi connectivity index (χ2n) is 4.87. The number of nitrogens with one attached hydrogen (secondary N) is 1. The molecule has 0 heterocycles. The van der Waals surface area contributed by atoms with Gasteiger partial charge < -0.3 is 10.1 Å². The van der Waals surface area contributed by atoms with Gasteiger partial charge in [0, 0.05) is 29.7 Å². The number of methoxy groups -OCH3 is 1. The summed E-state index contributed by atoms with van der Waals surface area (Å²) >= 11 is 0. The van der Waals surface area contributed by atoms with Crippen LogP contribution in [0.4, 0.5) is 0 Å². The number of ether oxygens (including phenoxy) is 1. The van der Waals surface area contributed by atoms with Crippen molar-refractivity contribution in [2.24, 2.45) is 5.92 Å². The molecule has 4 unspecified atom stereocenters. The average molecular weight is 261 g/mol. The van der Waals surface area contributed by atoms with E-state index in [1.54, 1.807) is 7.11 Å². The predicted octanol–water partition coefficient (Wildman–Crippen LogP) is 1.94. The molecule has 102 valence electrons. The lowest BCUT2D eigenvalue weighted by Gasteiger charge is -2.35. The van der Waals surface area contributed by atoms with Crippen molar-refractivity contribution in [1.82, 2.24) is 5.32 Å². The number of hydrogen-bond donors (Lipinski definition) is 1. The first-order valence-corrected chi connectivity index (χ1v) is 8.20. The van der Waals surface area contributed by atoms with Gasteiger partial charge in [0.15, 0.2) is 0 Å². The van der Waals surface area contributed by atoms with E-state index in [0.29, 0.717) is 23.7 Å². The first-order chi connectivity index (χ1) is 8.22. The molecule has 0 bridgehead atoms. The van der Waals surface area contributed by atoms with E-state index in [1.165, 1.54) is 19.3 Å². The first kappa shape index (κ1) is 15.1. The van der Waals surface area contributed by atoms with Crippen LogP contribution in [0.1, 0.15) is 39.5 Å². The second kappa shape index (κ2) is 8.22. The highest BCUT2D eigenvalue weighted by Gasteiger charge is 2.32. The topological polar surface area (TPSA) is 38.3 Å². The van der Waals surface area contributed by atoms with E-state index in [9.17, 15) is 4.21 Å². The minimum Gasteiger partial charge on any atom is -0.384 e. The van der Waals surface area contributed by atoms with Crippen LogP contribution in [-0.4, -0.2) is 41.5 Å². The summed E-state index contributed by atoms with van der Waals surface area (Å²) in [5.41, 5.74) is 0. The van der Waals surface area contributed by atoms with Crippen LogP contribution < -0.4 is 5.32 Å². The van der Waals surface area contributed by atoms with E-state index in [2.05, 4.69) is 19.2 Å². The van der Waals surface area contributed by atoms with Crippen molar-refractivity contribution in [1.29, 1.82) is 0 Å². The van der Waals surface area contributed by atoms with Gasteiger partial charge in [0.1, 0.15) is 0 Å². The predicted molar refractivity (Wildman–Crippen MR) is 73.8 cm³/mol. The molecule has 1 aliphatic rings. The number of rotatable bonds is 7. The summed E-state index contributed by atoms with van der Waals surface area (Å²) in [6, 6.07) is 0.445. The molecule has 0 amide bonds. The lowest BCUT2D eigenvalue weighted by Crippen LogP contribution is -2.47. The van der Waals surface area contributed by atoms with E-state index >= 15 is 0 Å². The molecule has 4 heteroatoms. The van der Waals surface area contributed by atoms with Crippen LogP contribution in [0.5, 0.6) is 0 Å². The highest BCUT2D eigenvalue weighted by molar-refractivity contribution is 7.85. The molecule has 0 aromatic rings. The van der Waals surface area contributed by atoms with Crippen LogP contribution in [0.2, 0.25) is 0 Å². The summed E-state index contributed by atoms with van der Waals surface area (Å²) in [5.74, 6) is 1.45. The van der Waals surface area contributed by atoms with Gasteiger partial charge in [-0.05, 0) is 31.7 Å². The molecule has 0 spiro atoms. The molecule has 0 radical (unpaired) electrons. The Kier molecular flexibility index (Phi) is 7.32. The molecular weight excluding hydrogens is 234 g/mol. The summed E-state index contributed by atoms with van der Waals surface area (Å²) in [6.07, 6.45) is 4.79. The van der Waals surface area contributed by atoms with E-state index in [0.717, 1.165) is 18.9 Å². The smallest absolute Gasteiger partial charge is 0.0577 e. The molecule has 0 saturated heterocycles. The van der Waals surface area contributed by atoms with Crippen molar-refractivity contribution in [2.75, 3.05) is 26.0 Å². The lowest BCUT2D eigenvalue weighted by atomic mass is 9.84. The summed E-state index contributed by atoms with van der Waals surface area (Å²) < 4.78 is 17.3. The summed E-state index contributed by atoms with van der Waals surface area (Å²) in [7, 11) is 0.928. The maximum atomic E-state index is 12.3. The molecule has 1 fully saturated rings. The molecule has 0 aromatic heterocycles. The second-order valence-corrected chi connectivity index (χ2v) is 6.64. The Balaban J connectivity index is 2.56. The Labute approximate surface area is 108 Å². The van der Waals surface area contributed by atoms with Gasteiger partial charge in [-0.3, -0.25) is 4.21 Å². The Morgan fingerprint density at radius 1 is 1.35 bits per heavy atom. The fourth-order valence-corrected chi connectivity index (χ4v) is 4.40. The van der Waals surface area contributed by atoms with Gasteiger partial charge in [0.2, 0.25) is 0 Å². The Bertz CT molecular complexity index is 235. The van der Waals surface area contributed by atoms with Crippen LogP contribution in [0, 0.1) is 5.92 Å². The SMILES string of the molecule is CCNC1CCC(CC)CC1S(=O)CCOC. The van der Waals surface area contributed by atoms with Crippen molar-refractivity contribution in [3.63, 3.8) is 0 Å². The summed E-state index contributed by atoms with van der Waals surface area (Å²) in [6.45, 7) is 5.95. The van der Waals surface area contributed by atoms with Crippen molar-refractivity contribution < 1.29 is 8.95 Å². The number of hydrogen-bond acceptors (Lipinski definition) is 3. The third kappa shape index (κ3) is 4.68. The fraction of sp³-hybridized carbons (Fsp3) is 1.00. The average Bonchev–Trinajstić information content (AvgIpc) is 2.36. The molecule has 0 aliphatic heterocycles. The van der Waals surface area contributed by atoms with E-state index in [4.69, 9.17) is 4.74 Å². The summed E-state index contributed by atoms with van der Waals surface area (Å²) in [5, 5.41) is 3.83. The molecule has 0 aromatic carbocycles. The van der Waals surface area contributed by atoms with Crippen molar-refractivity contribution in [3.8, 4) is 0 Å². The highest BCUT2D eigenvalue weighted by Crippen LogP contribution is 2.30. The third-order valence-corrected chi connectivity index (χ3v) is 5.54. The van der Waals surface area contributed by atoms with Gasteiger partial charge in [-0.1, -0.05) is 20.3 Å². The molecule has 1 aliphatic carbocycles. The zero-order chi connectivity index (χ0) is 12.7. The van der Waals surface area contributed by atoms with Gasteiger partial charge >= 0.3 is 0 Å². The van der Waals surface area contributed by atoms with E-state index in [1.807, 2.05) is 0 Å². The zero-order valence-electron chi connectivity index (χ0n) is 11.4. The minimum absolute atomic E-state index is 0.323. The fourth-order valence-electron chi connectivity index (χ4n) is 2.69. The maximum Gasteiger partial charge on any atom is 0.0577 e. The molecule has 1 saturated carbocycles. The lowest BCUT2D eigenvalue weighted by molar-refractivity contribution is 0.217. The van der Waals surface area contributed by atoms with Crippen LogP contribution in [0.25, 0.3) is 0 Å². The zero-order valence-corrected chi connectivity index (χ0v) is 12.2. The van der Waals surface area contributed by atoms with Crippen LogP contribution in [0.15, 0.2) is 0 Å². The minimum atomic E-state index is -0.748. The quantitative estimate of drug-likeness (QED) is 0.761. The molecule has 1 N–H and O–H groups in total. The van der Waals surface area contributed by atoms with E-state index < -0.39 is 10.8 Å². The Morgan fingerprint density at radius 3 is 2.71 bits per heavy atom. The van der Waals surface area contributed by atoms with Gasteiger partial charge in [-0.15, -0.1) is 0 Å². The van der Waals surface area contributed by atoms with Crippen molar-refractivity contribution >= 4 is 10.8 Å².